The molecule has 0 radical (unpaired) electrons. The first-order valence-corrected chi connectivity index (χ1v) is 10.6. The molecule has 0 saturated heterocycles. The van der Waals surface area contributed by atoms with Crippen molar-refractivity contribution < 1.29 is 19.1 Å². The van der Waals surface area contributed by atoms with Gasteiger partial charge in [0.1, 0.15) is 5.75 Å². The second kappa shape index (κ2) is 8.34. The summed E-state index contributed by atoms with van der Waals surface area (Å²) in [6.07, 6.45) is 5.51. The zero-order valence-electron chi connectivity index (χ0n) is 17.7. The molecule has 2 heterocycles. The normalized spacial score (nSPS) is 15.2. The minimum absolute atomic E-state index is 0.144. The van der Waals surface area contributed by atoms with Gasteiger partial charge in [0.25, 0.3) is 5.91 Å². The highest BCUT2D eigenvalue weighted by Gasteiger charge is 2.36. The molecule has 1 aliphatic carbocycles. The van der Waals surface area contributed by atoms with Gasteiger partial charge in [-0.25, -0.2) is 4.79 Å². The summed E-state index contributed by atoms with van der Waals surface area (Å²) < 4.78 is 10.8. The van der Waals surface area contributed by atoms with E-state index < -0.39 is 5.97 Å². The highest BCUT2D eigenvalue weighted by Crippen LogP contribution is 2.40. The number of anilines is 2. The smallest absolute Gasteiger partial charge is 0.337 e. The lowest BCUT2D eigenvalue weighted by Crippen LogP contribution is -2.45. The van der Waals surface area contributed by atoms with E-state index in [1.807, 2.05) is 18.2 Å². The maximum Gasteiger partial charge on any atom is 0.337 e. The Hall–Kier alpha value is -3.87. The number of pyridine rings is 1. The number of hydrogen-bond donors (Lipinski definition) is 0. The summed E-state index contributed by atoms with van der Waals surface area (Å²) in [5.41, 5.74) is 2.79. The van der Waals surface area contributed by atoms with Crippen LogP contribution in [0.15, 0.2) is 67.0 Å². The molecule has 5 rings (SSSR count). The molecule has 1 fully saturated rings. The van der Waals surface area contributed by atoms with Crippen molar-refractivity contribution in [1.29, 1.82) is 0 Å². The van der Waals surface area contributed by atoms with Crippen LogP contribution in [0.25, 0.3) is 0 Å². The second-order valence-corrected chi connectivity index (χ2v) is 7.86. The van der Waals surface area contributed by atoms with E-state index in [1.54, 1.807) is 41.4 Å². The molecule has 1 aromatic heterocycles. The van der Waals surface area contributed by atoms with Gasteiger partial charge < -0.3 is 19.3 Å². The molecule has 2 aromatic carbocycles. The summed E-state index contributed by atoms with van der Waals surface area (Å²) in [7, 11) is 1.33. The number of carbonyl (C=O) groups is 2. The average molecular weight is 429 g/mol. The summed E-state index contributed by atoms with van der Waals surface area (Å²) in [6.45, 7) is 1.40. The number of aromatic nitrogens is 1. The van der Waals surface area contributed by atoms with Crippen molar-refractivity contribution in [3.8, 4) is 11.5 Å². The molecule has 1 aliphatic heterocycles. The van der Waals surface area contributed by atoms with Crippen LogP contribution in [-0.2, 0) is 4.74 Å². The van der Waals surface area contributed by atoms with Crippen molar-refractivity contribution in [3.63, 3.8) is 0 Å². The number of ether oxygens (including phenoxy) is 2. The molecule has 7 nitrogen and oxygen atoms in total. The van der Waals surface area contributed by atoms with Crippen LogP contribution in [0.4, 0.5) is 11.4 Å². The maximum absolute atomic E-state index is 13.6. The molecule has 7 heteroatoms. The van der Waals surface area contributed by atoms with E-state index in [-0.39, 0.29) is 5.91 Å². The van der Waals surface area contributed by atoms with Crippen LogP contribution >= 0.6 is 0 Å². The maximum atomic E-state index is 13.6. The fourth-order valence-corrected chi connectivity index (χ4v) is 4.08. The average Bonchev–Trinajstić information content (AvgIpc) is 3.68. The number of fused-ring (bicyclic) bond motifs is 1. The molecule has 1 saturated carbocycles. The molecular weight excluding hydrogens is 406 g/mol. The SMILES string of the molecule is COC(=O)c1cccc(Oc2cnccc2C(=O)N2CCN(C3CC3)c3ccccc32)c1. The van der Waals surface area contributed by atoms with Crippen LogP contribution in [0.5, 0.6) is 11.5 Å². The third-order valence-electron chi connectivity index (χ3n) is 5.78. The predicted octanol–water partition coefficient (Wildman–Crippen LogP) is 4.29. The first kappa shape index (κ1) is 20.1. The van der Waals surface area contributed by atoms with Gasteiger partial charge in [-0.3, -0.25) is 9.78 Å². The van der Waals surface area contributed by atoms with E-state index in [2.05, 4.69) is 16.0 Å². The Bertz CT molecular complexity index is 1180. The molecule has 1 amide bonds. The molecule has 0 N–H and O–H groups in total. The van der Waals surface area contributed by atoms with Gasteiger partial charge in [0.15, 0.2) is 5.75 Å². The molecule has 2 aliphatic rings. The minimum atomic E-state index is -0.455. The monoisotopic (exact) mass is 429 g/mol. The Kier molecular flexibility index (Phi) is 5.23. The molecular formula is C25H23N3O4. The summed E-state index contributed by atoms with van der Waals surface area (Å²) in [4.78, 5) is 33.8. The summed E-state index contributed by atoms with van der Waals surface area (Å²) in [5, 5.41) is 0. The molecule has 3 aromatic rings. The van der Waals surface area contributed by atoms with Crippen LogP contribution < -0.4 is 14.5 Å². The van der Waals surface area contributed by atoms with E-state index >= 15 is 0 Å². The molecule has 0 bridgehead atoms. The van der Waals surface area contributed by atoms with E-state index in [4.69, 9.17) is 9.47 Å². The molecule has 32 heavy (non-hydrogen) atoms. The standard InChI is InChI=1S/C25H23N3O4/c1-31-25(30)17-5-4-6-19(15-17)32-23-16-26-12-11-20(23)24(29)28-14-13-27(18-9-10-18)21-7-2-3-8-22(21)28/h2-8,11-12,15-16,18H,9-10,13-14H2,1H3. The van der Waals surface area contributed by atoms with E-state index in [1.165, 1.54) is 26.1 Å². The zero-order valence-corrected chi connectivity index (χ0v) is 17.7. The summed E-state index contributed by atoms with van der Waals surface area (Å²) in [6, 6.07) is 16.9. The third-order valence-corrected chi connectivity index (χ3v) is 5.78. The van der Waals surface area contributed by atoms with Crippen molar-refractivity contribution in [2.24, 2.45) is 0 Å². The number of para-hydroxylation sites is 2. The molecule has 0 unspecified atom stereocenters. The number of benzene rings is 2. The van der Waals surface area contributed by atoms with Crippen molar-refractivity contribution in [2.45, 2.75) is 18.9 Å². The Morgan fingerprint density at radius 1 is 1.00 bits per heavy atom. The molecule has 162 valence electrons. The minimum Gasteiger partial charge on any atom is -0.465 e. The second-order valence-electron chi connectivity index (χ2n) is 7.86. The van der Waals surface area contributed by atoms with Gasteiger partial charge in [-0.2, -0.15) is 0 Å². The van der Waals surface area contributed by atoms with Crippen molar-refractivity contribution in [2.75, 3.05) is 30.0 Å². The Morgan fingerprint density at radius 3 is 2.59 bits per heavy atom. The van der Waals surface area contributed by atoms with Crippen LogP contribution in [-0.4, -0.2) is 43.1 Å². The third kappa shape index (κ3) is 3.77. The van der Waals surface area contributed by atoms with Crippen molar-refractivity contribution >= 4 is 23.3 Å². The Balaban J connectivity index is 1.45. The van der Waals surface area contributed by atoms with Gasteiger partial charge in [-0.05, 0) is 49.2 Å². The lowest BCUT2D eigenvalue weighted by Gasteiger charge is -2.38. The predicted molar refractivity (Wildman–Crippen MR) is 121 cm³/mol. The highest BCUT2D eigenvalue weighted by atomic mass is 16.5. The van der Waals surface area contributed by atoms with E-state index in [0.29, 0.717) is 35.2 Å². The number of hydrogen-bond acceptors (Lipinski definition) is 6. The van der Waals surface area contributed by atoms with Crippen LogP contribution in [0.2, 0.25) is 0 Å². The fourth-order valence-electron chi connectivity index (χ4n) is 4.08. The number of amides is 1. The highest BCUT2D eigenvalue weighted by molar-refractivity contribution is 6.10. The van der Waals surface area contributed by atoms with Crippen molar-refractivity contribution in [3.05, 3.63) is 78.1 Å². The van der Waals surface area contributed by atoms with E-state index in [9.17, 15) is 9.59 Å². The lowest BCUT2D eigenvalue weighted by molar-refractivity contribution is 0.0600. The van der Waals surface area contributed by atoms with Gasteiger partial charge in [0, 0.05) is 25.3 Å². The number of methoxy groups -OCH3 is 1. The topological polar surface area (TPSA) is 72.0 Å². The largest absolute Gasteiger partial charge is 0.465 e. The van der Waals surface area contributed by atoms with Gasteiger partial charge >= 0.3 is 5.97 Å². The Morgan fingerprint density at radius 2 is 1.81 bits per heavy atom. The quantitative estimate of drug-likeness (QED) is 0.564. The van der Waals surface area contributed by atoms with Gasteiger partial charge in [0.05, 0.1) is 35.8 Å². The first-order chi connectivity index (χ1) is 15.7. The summed E-state index contributed by atoms with van der Waals surface area (Å²) >= 11 is 0. The Labute approximate surface area is 186 Å². The van der Waals surface area contributed by atoms with Crippen LogP contribution in [0.1, 0.15) is 33.6 Å². The van der Waals surface area contributed by atoms with Crippen molar-refractivity contribution in [1.82, 2.24) is 4.98 Å². The fraction of sp³-hybridized carbons (Fsp3) is 0.240. The molecule has 0 atom stereocenters. The van der Waals surface area contributed by atoms with Gasteiger partial charge in [-0.1, -0.05) is 18.2 Å². The zero-order chi connectivity index (χ0) is 22.1. The van der Waals surface area contributed by atoms with Gasteiger partial charge in [-0.15, -0.1) is 0 Å². The number of rotatable bonds is 5. The first-order valence-electron chi connectivity index (χ1n) is 10.6. The number of esters is 1. The summed E-state index contributed by atoms with van der Waals surface area (Å²) in [5.74, 6) is 0.160. The number of nitrogens with zero attached hydrogens (tertiary/aromatic N) is 3. The van der Waals surface area contributed by atoms with Gasteiger partial charge in [0.2, 0.25) is 0 Å². The molecule has 0 spiro atoms. The van der Waals surface area contributed by atoms with E-state index in [0.717, 1.165) is 17.9 Å². The lowest BCUT2D eigenvalue weighted by atomic mass is 10.1. The van der Waals surface area contributed by atoms with Crippen LogP contribution in [0.3, 0.4) is 0 Å². The van der Waals surface area contributed by atoms with Crippen LogP contribution in [0, 0.1) is 0 Å². The number of carbonyl (C=O) groups excluding carboxylic acids is 2.